The van der Waals surface area contributed by atoms with Gasteiger partial charge in [-0.3, -0.25) is 4.79 Å². The summed E-state index contributed by atoms with van der Waals surface area (Å²) in [6.07, 6.45) is 5.30. The number of rotatable bonds is 2. The number of benzene rings is 1. The molecule has 3 rings (SSSR count). The number of ether oxygens (including phenoxy) is 1. The summed E-state index contributed by atoms with van der Waals surface area (Å²) in [7, 11) is 0. The molecule has 1 aromatic carbocycles. The van der Waals surface area contributed by atoms with Crippen molar-refractivity contribution in [3.8, 4) is 11.8 Å². The summed E-state index contributed by atoms with van der Waals surface area (Å²) in [6.45, 7) is 5.48. The second-order valence-corrected chi connectivity index (χ2v) is 7.56. The molecule has 0 unspecified atom stereocenters. The maximum atomic E-state index is 12.0. The molecule has 0 atom stereocenters. The molecule has 2 aromatic rings. The quantitative estimate of drug-likeness (QED) is 0.663. The minimum Gasteiger partial charge on any atom is -0.479 e. The topological polar surface area (TPSA) is 72.3 Å². The molecule has 1 aromatic heterocycles. The van der Waals surface area contributed by atoms with E-state index in [0.29, 0.717) is 5.75 Å². The standard InChI is InChI=1S/C18H18N2O3S/c1-18(2,3)16(21)23-12-4-5-14-13(6-7-24-15(14)8-12)11-9-19-17(22)20-10-11/h4-6,8-10H,7H2,1-3H3,(H,19,20,22). The molecular formula is C18H18N2O3S. The van der Waals surface area contributed by atoms with E-state index in [9.17, 15) is 9.90 Å². The summed E-state index contributed by atoms with van der Waals surface area (Å²) >= 11 is 1.68. The van der Waals surface area contributed by atoms with E-state index in [4.69, 9.17) is 4.74 Å². The van der Waals surface area contributed by atoms with Crippen LogP contribution in [-0.4, -0.2) is 26.8 Å². The first-order valence-electron chi connectivity index (χ1n) is 7.55. The van der Waals surface area contributed by atoms with Crippen LogP contribution in [0.3, 0.4) is 0 Å². The molecule has 0 aliphatic carbocycles. The van der Waals surface area contributed by atoms with Crippen LogP contribution in [0, 0.1) is 5.41 Å². The normalized spacial score (nSPS) is 13.9. The third-order valence-corrected chi connectivity index (χ3v) is 4.52. The van der Waals surface area contributed by atoms with Crippen LogP contribution in [0.4, 0.5) is 0 Å². The Hall–Kier alpha value is -2.34. The molecule has 0 fully saturated rings. The summed E-state index contributed by atoms with van der Waals surface area (Å²) < 4.78 is 5.47. The van der Waals surface area contributed by atoms with Gasteiger partial charge >= 0.3 is 12.0 Å². The number of fused-ring (bicyclic) bond motifs is 1. The maximum Gasteiger partial charge on any atom is 0.316 e. The van der Waals surface area contributed by atoms with Gasteiger partial charge in [0.05, 0.1) is 5.41 Å². The molecule has 124 valence electrons. The average Bonchev–Trinajstić information content (AvgIpc) is 2.54. The monoisotopic (exact) mass is 342 g/mol. The lowest BCUT2D eigenvalue weighted by Crippen LogP contribution is -2.25. The van der Waals surface area contributed by atoms with Crippen LogP contribution in [0.1, 0.15) is 31.9 Å². The third kappa shape index (κ3) is 3.43. The minimum atomic E-state index is -0.544. The van der Waals surface area contributed by atoms with E-state index in [-0.39, 0.29) is 12.0 Å². The van der Waals surface area contributed by atoms with Crippen LogP contribution in [0.25, 0.3) is 5.57 Å². The number of nitrogens with zero attached hydrogens (tertiary/aromatic N) is 2. The summed E-state index contributed by atoms with van der Waals surface area (Å²) in [5.74, 6) is 1.09. The predicted octanol–water partition coefficient (Wildman–Crippen LogP) is 3.67. The molecule has 1 N–H and O–H groups in total. The van der Waals surface area contributed by atoms with Crippen LogP contribution in [0.2, 0.25) is 0 Å². The first kappa shape index (κ1) is 16.5. The lowest BCUT2D eigenvalue weighted by atomic mass is 9.97. The van der Waals surface area contributed by atoms with Crippen molar-refractivity contribution in [1.29, 1.82) is 0 Å². The van der Waals surface area contributed by atoms with E-state index in [1.807, 2.05) is 32.9 Å². The van der Waals surface area contributed by atoms with E-state index in [1.54, 1.807) is 30.2 Å². The first-order valence-corrected chi connectivity index (χ1v) is 8.54. The molecule has 0 amide bonds. The van der Waals surface area contributed by atoms with E-state index < -0.39 is 5.41 Å². The second kappa shape index (κ2) is 6.28. The smallest absolute Gasteiger partial charge is 0.316 e. The van der Waals surface area contributed by atoms with E-state index >= 15 is 0 Å². The number of aromatic hydroxyl groups is 1. The zero-order chi connectivity index (χ0) is 17.3. The number of hydrogen-bond donors (Lipinski definition) is 1. The molecule has 0 bridgehead atoms. The Kier molecular flexibility index (Phi) is 4.32. The third-order valence-electron chi connectivity index (χ3n) is 3.54. The summed E-state index contributed by atoms with van der Waals surface area (Å²) in [5.41, 5.74) is 2.35. The van der Waals surface area contributed by atoms with Gasteiger partial charge in [-0.05, 0) is 50.1 Å². The Morgan fingerprint density at radius 1 is 1.25 bits per heavy atom. The molecule has 2 heterocycles. The van der Waals surface area contributed by atoms with Crippen LogP contribution in [-0.2, 0) is 4.79 Å². The maximum absolute atomic E-state index is 12.0. The van der Waals surface area contributed by atoms with Crippen molar-refractivity contribution in [3.05, 3.63) is 47.8 Å². The van der Waals surface area contributed by atoms with Crippen molar-refractivity contribution < 1.29 is 14.6 Å². The van der Waals surface area contributed by atoms with Gasteiger partial charge in [0, 0.05) is 28.6 Å². The summed E-state index contributed by atoms with van der Waals surface area (Å²) in [4.78, 5) is 20.8. The fraction of sp³-hybridized carbons (Fsp3) is 0.278. The highest BCUT2D eigenvalue weighted by Gasteiger charge is 2.24. The molecule has 5 nitrogen and oxygen atoms in total. The molecule has 0 spiro atoms. The number of carbonyl (C=O) groups is 1. The van der Waals surface area contributed by atoms with Crippen LogP contribution in [0.5, 0.6) is 11.8 Å². The zero-order valence-electron chi connectivity index (χ0n) is 13.7. The van der Waals surface area contributed by atoms with Crippen molar-refractivity contribution in [1.82, 2.24) is 9.97 Å². The molecule has 0 saturated heterocycles. The van der Waals surface area contributed by atoms with Gasteiger partial charge in [-0.15, -0.1) is 11.8 Å². The lowest BCUT2D eigenvalue weighted by molar-refractivity contribution is -0.143. The van der Waals surface area contributed by atoms with Gasteiger partial charge in [-0.2, -0.15) is 0 Å². The van der Waals surface area contributed by atoms with E-state index in [2.05, 4.69) is 16.0 Å². The molecular weight excluding hydrogens is 324 g/mol. The Balaban J connectivity index is 1.90. The van der Waals surface area contributed by atoms with Gasteiger partial charge in [0.15, 0.2) is 0 Å². The Bertz CT molecular complexity index is 808. The van der Waals surface area contributed by atoms with Crippen molar-refractivity contribution in [2.24, 2.45) is 5.41 Å². The number of esters is 1. The average molecular weight is 342 g/mol. The highest BCUT2D eigenvalue weighted by atomic mass is 32.2. The van der Waals surface area contributed by atoms with Crippen molar-refractivity contribution >= 4 is 23.3 Å². The van der Waals surface area contributed by atoms with Gasteiger partial charge < -0.3 is 9.84 Å². The predicted molar refractivity (Wildman–Crippen MR) is 93.0 cm³/mol. The molecule has 24 heavy (non-hydrogen) atoms. The number of hydrogen-bond acceptors (Lipinski definition) is 6. The Labute approximate surface area is 144 Å². The van der Waals surface area contributed by atoms with Gasteiger partial charge in [0.1, 0.15) is 5.75 Å². The fourth-order valence-electron chi connectivity index (χ4n) is 2.23. The van der Waals surface area contributed by atoms with Gasteiger partial charge in [-0.25, -0.2) is 9.97 Å². The van der Waals surface area contributed by atoms with Gasteiger partial charge in [-0.1, -0.05) is 6.08 Å². The first-order chi connectivity index (χ1) is 11.3. The minimum absolute atomic E-state index is 0.241. The van der Waals surface area contributed by atoms with Crippen LogP contribution < -0.4 is 4.74 Å². The van der Waals surface area contributed by atoms with Gasteiger partial charge in [0.25, 0.3) is 0 Å². The number of carbonyl (C=O) groups excluding carboxylic acids is 1. The highest BCUT2D eigenvalue weighted by Crippen LogP contribution is 2.39. The zero-order valence-corrected chi connectivity index (χ0v) is 14.6. The summed E-state index contributed by atoms with van der Waals surface area (Å²) in [6, 6.07) is 5.38. The largest absolute Gasteiger partial charge is 0.479 e. The molecule has 1 aliphatic heterocycles. The molecule has 0 saturated carbocycles. The van der Waals surface area contributed by atoms with Crippen LogP contribution >= 0.6 is 11.8 Å². The van der Waals surface area contributed by atoms with Crippen molar-refractivity contribution in [3.63, 3.8) is 0 Å². The van der Waals surface area contributed by atoms with Crippen molar-refractivity contribution in [2.75, 3.05) is 5.75 Å². The molecule has 0 radical (unpaired) electrons. The van der Waals surface area contributed by atoms with Crippen molar-refractivity contribution in [2.45, 2.75) is 25.7 Å². The number of aromatic nitrogens is 2. The fourth-order valence-corrected chi connectivity index (χ4v) is 3.19. The highest BCUT2D eigenvalue weighted by molar-refractivity contribution is 7.99. The van der Waals surface area contributed by atoms with E-state index in [1.165, 1.54) is 0 Å². The van der Waals surface area contributed by atoms with Gasteiger partial charge in [0.2, 0.25) is 0 Å². The Morgan fingerprint density at radius 3 is 2.62 bits per heavy atom. The summed E-state index contributed by atoms with van der Waals surface area (Å²) in [5, 5.41) is 9.24. The molecule has 6 heteroatoms. The SMILES string of the molecule is CC(C)(C)C(=O)Oc1ccc2c(c1)SCC=C2c1cnc(O)nc1. The second-order valence-electron chi connectivity index (χ2n) is 6.50. The van der Waals surface area contributed by atoms with Crippen LogP contribution in [0.15, 0.2) is 41.6 Å². The number of thioether (sulfide) groups is 1. The lowest BCUT2D eigenvalue weighted by Gasteiger charge is -2.20. The Morgan fingerprint density at radius 2 is 1.96 bits per heavy atom. The van der Waals surface area contributed by atoms with E-state index in [0.717, 1.165) is 27.3 Å². The molecule has 1 aliphatic rings.